The van der Waals surface area contributed by atoms with E-state index in [1.165, 1.54) is 12.1 Å². The van der Waals surface area contributed by atoms with Crippen molar-refractivity contribution < 1.29 is 33.4 Å². The van der Waals surface area contributed by atoms with Crippen molar-refractivity contribution >= 4 is 10.1 Å². The second kappa shape index (κ2) is 4.15. The van der Waals surface area contributed by atoms with Crippen LogP contribution in [0.1, 0.15) is 5.56 Å². The van der Waals surface area contributed by atoms with E-state index in [-0.39, 0.29) is 25.3 Å². The first-order chi connectivity index (χ1) is 5.00. The Kier molecular flexibility index (Phi) is 4.08. The molecule has 0 saturated heterocycles. The number of rotatable bonds is 1. The minimum absolute atomic E-state index is 0. The molecule has 1 aromatic carbocycles. The van der Waals surface area contributed by atoms with Gasteiger partial charge < -0.3 is 0 Å². The molecule has 1 aromatic rings. The van der Waals surface area contributed by atoms with Crippen LogP contribution in [-0.2, 0) is 30.5 Å². The SMILES string of the molecule is Cc1ccc(S(=O)(=O)O)cc1.[Pd]. The van der Waals surface area contributed by atoms with Gasteiger partial charge in [-0.1, -0.05) is 17.7 Å². The van der Waals surface area contributed by atoms with Crippen LogP contribution in [0, 0.1) is 6.92 Å². The van der Waals surface area contributed by atoms with Gasteiger partial charge in [-0.05, 0) is 19.1 Å². The maximum atomic E-state index is 10.5. The predicted molar refractivity (Wildman–Crippen MR) is 41.0 cm³/mol. The molecule has 0 fully saturated rings. The van der Waals surface area contributed by atoms with Crippen molar-refractivity contribution in [3.8, 4) is 0 Å². The van der Waals surface area contributed by atoms with Crippen LogP contribution < -0.4 is 0 Å². The van der Waals surface area contributed by atoms with Gasteiger partial charge in [0.15, 0.2) is 0 Å². The Morgan fingerprint density at radius 1 is 1.17 bits per heavy atom. The van der Waals surface area contributed by atoms with Gasteiger partial charge in [0.25, 0.3) is 10.1 Å². The van der Waals surface area contributed by atoms with Crippen molar-refractivity contribution in [1.29, 1.82) is 0 Å². The standard InChI is InChI=1S/C7H8O3S.Pd/c1-6-2-4-7(5-3-6)11(8,9)10;/h2-5H,1H3,(H,8,9,10);. The topological polar surface area (TPSA) is 54.4 Å². The fraction of sp³-hybridized carbons (Fsp3) is 0.143. The van der Waals surface area contributed by atoms with E-state index in [0.29, 0.717) is 0 Å². The van der Waals surface area contributed by atoms with E-state index in [4.69, 9.17) is 4.55 Å². The van der Waals surface area contributed by atoms with Gasteiger partial charge in [-0.2, -0.15) is 8.42 Å². The van der Waals surface area contributed by atoms with E-state index in [1.807, 2.05) is 6.92 Å². The second-order valence-electron chi connectivity index (χ2n) is 2.29. The average molecular weight is 279 g/mol. The summed E-state index contributed by atoms with van der Waals surface area (Å²) in [6.45, 7) is 1.84. The van der Waals surface area contributed by atoms with Gasteiger partial charge >= 0.3 is 0 Å². The summed E-state index contributed by atoms with van der Waals surface area (Å²) < 4.78 is 29.6. The summed E-state index contributed by atoms with van der Waals surface area (Å²) in [6.07, 6.45) is 0. The molecule has 0 bridgehead atoms. The van der Waals surface area contributed by atoms with Crippen LogP contribution in [0.3, 0.4) is 0 Å². The first kappa shape index (κ1) is 11.8. The van der Waals surface area contributed by atoms with Crippen LogP contribution in [-0.4, -0.2) is 13.0 Å². The molecule has 1 rings (SSSR count). The van der Waals surface area contributed by atoms with Crippen molar-refractivity contribution in [1.82, 2.24) is 0 Å². The van der Waals surface area contributed by atoms with Gasteiger partial charge in [-0.3, -0.25) is 4.55 Å². The molecule has 0 amide bonds. The van der Waals surface area contributed by atoms with Crippen molar-refractivity contribution in [3.63, 3.8) is 0 Å². The molecule has 0 saturated carbocycles. The molecular weight excluding hydrogens is 271 g/mol. The van der Waals surface area contributed by atoms with Crippen LogP contribution in [0.5, 0.6) is 0 Å². The Morgan fingerprint density at radius 3 is 1.92 bits per heavy atom. The van der Waals surface area contributed by atoms with Crippen molar-refractivity contribution in [2.24, 2.45) is 0 Å². The van der Waals surface area contributed by atoms with Crippen LogP contribution in [0.25, 0.3) is 0 Å². The van der Waals surface area contributed by atoms with Crippen molar-refractivity contribution in [2.45, 2.75) is 11.8 Å². The second-order valence-corrected chi connectivity index (χ2v) is 3.71. The molecule has 70 valence electrons. The Bertz CT molecular complexity index is 341. The number of hydrogen-bond donors (Lipinski definition) is 1. The van der Waals surface area contributed by atoms with Crippen LogP contribution in [0.4, 0.5) is 0 Å². The van der Waals surface area contributed by atoms with Gasteiger partial charge in [0, 0.05) is 20.4 Å². The van der Waals surface area contributed by atoms with Gasteiger partial charge in [0.1, 0.15) is 0 Å². The van der Waals surface area contributed by atoms with Gasteiger partial charge in [0.05, 0.1) is 4.90 Å². The number of hydrogen-bond acceptors (Lipinski definition) is 2. The molecule has 0 radical (unpaired) electrons. The summed E-state index contributed by atoms with van der Waals surface area (Å²) in [5.74, 6) is 0. The molecular formula is C7H8O3PdS. The third-order valence-electron chi connectivity index (χ3n) is 1.32. The molecule has 0 aromatic heterocycles. The molecule has 0 unspecified atom stereocenters. The fourth-order valence-corrected chi connectivity index (χ4v) is 1.19. The largest absolute Gasteiger partial charge is 0.294 e. The summed E-state index contributed by atoms with van der Waals surface area (Å²) in [6, 6.07) is 5.99. The molecule has 1 N–H and O–H groups in total. The Hall–Kier alpha value is -0.208. The fourth-order valence-electron chi connectivity index (χ4n) is 0.710. The van der Waals surface area contributed by atoms with Crippen LogP contribution in [0.2, 0.25) is 0 Å². The zero-order chi connectivity index (χ0) is 8.48. The zero-order valence-electron chi connectivity index (χ0n) is 6.30. The van der Waals surface area contributed by atoms with Gasteiger partial charge in [-0.15, -0.1) is 0 Å². The Labute approximate surface area is 85.2 Å². The summed E-state index contributed by atoms with van der Waals surface area (Å²) in [4.78, 5) is -0.0666. The third kappa shape index (κ3) is 3.04. The molecule has 12 heavy (non-hydrogen) atoms. The molecule has 0 aliphatic rings. The summed E-state index contributed by atoms with van der Waals surface area (Å²) in [5, 5.41) is 0. The van der Waals surface area contributed by atoms with E-state index < -0.39 is 10.1 Å². The molecule has 0 atom stereocenters. The maximum absolute atomic E-state index is 10.5. The Morgan fingerprint density at radius 2 is 1.58 bits per heavy atom. The smallest absolute Gasteiger partial charge is 0.282 e. The van der Waals surface area contributed by atoms with Crippen LogP contribution in [0.15, 0.2) is 29.2 Å². The number of benzene rings is 1. The van der Waals surface area contributed by atoms with E-state index in [9.17, 15) is 8.42 Å². The first-order valence-electron chi connectivity index (χ1n) is 3.04. The van der Waals surface area contributed by atoms with Crippen LogP contribution >= 0.6 is 0 Å². The summed E-state index contributed by atoms with van der Waals surface area (Å²) in [7, 11) is -4.02. The molecule has 0 aliphatic carbocycles. The quantitative estimate of drug-likeness (QED) is 0.621. The van der Waals surface area contributed by atoms with E-state index in [2.05, 4.69) is 0 Å². The van der Waals surface area contributed by atoms with Gasteiger partial charge in [-0.25, -0.2) is 0 Å². The first-order valence-corrected chi connectivity index (χ1v) is 4.48. The van der Waals surface area contributed by atoms with Crippen molar-refractivity contribution in [3.05, 3.63) is 29.8 Å². The average Bonchev–Trinajstić information content (AvgIpc) is 1.86. The predicted octanol–water partition coefficient (Wildman–Crippen LogP) is 1.24. The normalized spacial score (nSPS) is 10.5. The zero-order valence-corrected chi connectivity index (χ0v) is 8.67. The molecule has 5 heteroatoms. The Balaban J connectivity index is 0.00000121. The van der Waals surface area contributed by atoms with E-state index in [0.717, 1.165) is 5.56 Å². The summed E-state index contributed by atoms with van der Waals surface area (Å²) in [5.41, 5.74) is 0.956. The van der Waals surface area contributed by atoms with E-state index in [1.54, 1.807) is 12.1 Å². The third-order valence-corrected chi connectivity index (χ3v) is 2.19. The maximum Gasteiger partial charge on any atom is 0.294 e. The molecule has 0 spiro atoms. The minimum Gasteiger partial charge on any atom is -0.282 e. The van der Waals surface area contributed by atoms with Gasteiger partial charge in [0.2, 0.25) is 0 Å². The summed E-state index contributed by atoms with van der Waals surface area (Å²) >= 11 is 0. The molecule has 3 nitrogen and oxygen atoms in total. The van der Waals surface area contributed by atoms with E-state index >= 15 is 0 Å². The monoisotopic (exact) mass is 278 g/mol. The minimum atomic E-state index is -4.02. The van der Waals surface area contributed by atoms with Crippen molar-refractivity contribution in [2.75, 3.05) is 0 Å². The molecule has 0 aliphatic heterocycles. The molecule has 0 heterocycles. The number of aryl methyl sites for hydroxylation is 1.